The number of carboxylic acids is 1. The molecule has 0 atom stereocenters. The Kier molecular flexibility index (Phi) is 3.47. The first-order chi connectivity index (χ1) is 6.61. The van der Waals surface area contributed by atoms with Crippen LogP contribution in [0, 0.1) is 0 Å². The molecule has 0 aromatic carbocycles. The van der Waals surface area contributed by atoms with Gasteiger partial charge >= 0.3 is 5.97 Å². The molecular weight excluding hydrogens is 208 g/mol. The second kappa shape index (κ2) is 4.61. The Balaban J connectivity index is 2.59. The van der Waals surface area contributed by atoms with Crippen molar-refractivity contribution < 1.29 is 9.90 Å². The van der Waals surface area contributed by atoms with Crippen molar-refractivity contribution in [2.24, 2.45) is 0 Å². The highest BCUT2D eigenvalue weighted by Gasteiger charge is 2.05. The van der Waals surface area contributed by atoms with E-state index in [0.717, 1.165) is 0 Å². The van der Waals surface area contributed by atoms with E-state index in [2.05, 4.69) is 15.3 Å². The maximum atomic E-state index is 10.2. The van der Waals surface area contributed by atoms with Gasteiger partial charge in [0.15, 0.2) is 0 Å². The van der Waals surface area contributed by atoms with Crippen LogP contribution in [0.15, 0.2) is 6.33 Å². The van der Waals surface area contributed by atoms with Gasteiger partial charge in [0, 0.05) is 6.54 Å². The smallest absolute Gasteiger partial charge is 0.305 e. The van der Waals surface area contributed by atoms with Crippen LogP contribution in [0.5, 0.6) is 0 Å². The Bertz CT molecular complexity index is 344. The largest absolute Gasteiger partial charge is 0.481 e. The first-order valence-electron chi connectivity index (χ1n) is 3.83. The maximum absolute atomic E-state index is 10.2. The molecule has 0 aliphatic rings. The van der Waals surface area contributed by atoms with E-state index in [1.807, 2.05) is 0 Å². The Labute approximate surface area is 85.1 Å². The number of nitrogens with one attached hydrogen (secondary N) is 1. The predicted molar refractivity (Wildman–Crippen MR) is 52.2 cm³/mol. The summed E-state index contributed by atoms with van der Waals surface area (Å²) < 4.78 is 0. The highest BCUT2D eigenvalue weighted by Crippen LogP contribution is 2.22. The molecular formula is C7H9ClN4O2. The number of rotatable bonds is 4. The Morgan fingerprint density at radius 1 is 1.64 bits per heavy atom. The van der Waals surface area contributed by atoms with Crippen LogP contribution < -0.4 is 11.1 Å². The Morgan fingerprint density at radius 3 is 3.00 bits per heavy atom. The number of nitrogen functional groups attached to an aromatic ring is 1. The Hall–Kier alpha value is -1.56. The highest BCUT2D eigenvalue weighted by molar-refractivity contribution is 6.35. The summed E-state index contributed by atoms with van der Waals surface area (Å²) in [4.78, 5) is 17.7. The standard InChI is InChI=1S/C7H9ClN4O2/c8-5-6(9)11-3-12-7(5)10-2-1-4(13)14/h3H,1-2H2,(H,13,14)(H3,9,10,11,12). The number of nitrogens with zero attached hydrogens (tertiary/aromatic N) is 2. The fourth-order valence-corrected chi connectivity index (χ4v) is 0.959. The van der Waals surface area contributed by atoms with Gasteiger partial charge in [0.1, 0.15) is 23.0 Å². The molecule has 0 amide bonds. The quantitative estimate of drug-likeness (QED) is 0.681. The molecule has 0 saturated heterocycles. The molecule has 0 saturated carbocycles. The third-order valence-corrected chi connectivity index (χ3v) is 1.82. The van der Waals surface area contributed by atoms with E-state index in [0.29, 0.717) is 5.82 Å². The lowest BCUT2D eigenvalue weighted by Gasteiger charge is -2.05. The van der Waals surface area contributed by atoms with Crippen molar-refractivity contribution in [2.45, 2.75) is 6.42 Å². The zero-order valence-electron chi connectivity index (χ0n) is 7.20. The summed E-state index contributed by atoms with van der Waals surface area (Å²) in [6.45, 7) is 0.242. The molecule has 1 heterocycles. The van der Waals surface area contributed by atoms with Crippen molar-refractivity contribution in [3.05, 3.63) is 11.3 Å². The minimum atomic E-state index is -0.893. The number of anilines is 2. The Morgan fingerprint density at radius 2 is 2.36 bits per heavy atom. The van der Waals surface area contributed by atoms with Crippen LogP contribution in [0.2, 0.25) is 5.02 Å². The van der Waals surface area contributed by atoms with Gasteiger partial charge in [-0.05, 0) is 0 Å². The van der Waals surface area contributed by atoms with E-state index < -0.39 is 5.97 Å². The van der Waals surface area contributed by atoms with Gasteiger partial charge in [0.05, 0.1) is 6.42 Å². The molecule has 7 heteroatoms. The van der Waals surface area contributed by atoms with Gasteiger partial charge in [-0.25, -0.2) is 9.97 Å². The number of halogens is 1. The fraction of sp³-hybridized carbons (Fsp3) is 0.286. The number of aromatic nitrogens is 2. The number of carbonyl (C=O) groups is 1. The minimum absolute atomic E-state index is 0.0137. The topological polar surface area (TPSA) is 101 Å². The molecule has 0 aliphatic heterocycles. The number of nitrogens with two attached hydrogens (primary N) is 1. The first-order valence-corrected chi connectivity index (χ1v) is 4.20. The molecule has 1 rings (SSSR count). The number of carboxylic acid groups (broad SMARTS) is 1. The lowest BCUT2D eigenvalue weighted by Crippen LogP contribution is -2.09. The molecule has 6 nitrogen and oxygen atoms in total. The summed E-state index contributed by atoms with van der Waals surface area (Å²) in [5, 5.41) is 11.3. The summed E-state index contributed by atoms with van der Waals surface area (Å²) in [5.41, 5.74) is 5.41. The van der Waals surface area contributed by atoms with Crippen LogP contribution in [0.4, 0.5) is 11.6 Å². The van der Waals surface area contributed by atoms with Crippen LogP contribution in [-0.2, 0) is 4.79 Å². The van der Waals surface area contributed by atoms with Crippen molar-refractivity contribution in [3.63, 3.8) is 0 Å². The van der Waals surface area contributed by atoms with Crippen LogP contribution in [-0.4, -0.2) is 27.6 Å². The minimum Gasteiger partial charge on any atom is -0.481 e. The van der Waals surface area contributed by atoms with E-state index in [1.165, 1.54) is 6.33 Å². The average Bonchev–Trinajstić information content (AvgIpc) is 2.12. The molecule has 0 spiro atoms. The van der Waals surface area contributed by atoms with E-state index in [4.69, 9.17) is 22.4 Å². The number of hydrogen-bond acceptors (Lipinski definition) is 5. The molecule has 0 unspecified atom stereocenters. The SMILES string of the molecule is Nc1ncnc(NCCC(=O)O)c1Cl. The van der Waals surface area contributed by atoms with Crippen molar-refractivity contribution >= 4 is 29.2 Å². The predicted octanol–water partition coefficient (Wildman–Crippen LogP) is 0.599. The average molecular weight is 217 g/mol. The summed E-state index contributed by atoms with van der Waals surface area (Å²) in [7, 11) is 0. The molecule has 76 valence electrons. The molecule has 0 bridgehead atoms. The molecule has 1 aromatic heterocycles. The van der Waals surface area contributed by atoms with Gasteiger partial charge in [0.25, 0.3) is 0 Å². The van der Waals surface area contributed by atoms with Crippen molar-refractivity contribution in [3.8, 4) is 0 Å². The van der Waals surface area contributed by atoms with Crippen molar-refractivity contribution in [2.75, 3.05) is 17.6 Å². The van der Waals surface area contributed by atoms with E-state index >= 15 is 0 Å². The molecule has 0 fully saturated rings. The molecule has 0 aliphatic carbocycles. The van der Waals surface area contributed by atoms with E-state index in [-0.39, 0.29) is 23.8 Å². The summed E-state index contributed by atoms with van der Waals surface area (Å²) in [6, 6.07) is 0. The monoisotopic (exact) mass is 216 g/mol. The second-order valence-electron chi connectivity index (χ2n) is 2.49. The number of hydrogen-bond donors (Lipinski definition) is 3. The second-order valence-corrected chi connectivity index (χ2v) is 2.87. The zero-order valence-corrected chi connectivity index (χ0v) is 7.95. The third-order valence-electron chi connectivity index (χ3n) is 1.45. The summed E-state index contributed by atoms with van der Waals surface area (Å²) in [6.07, 6.45) is 1.24. The van der Waals surface area contributed by atoms with E-state index in [1.54, 1.807) is 0 Å². The number of aliphatic carboxylic acids is 1. The molecule has 14 heavy (non-hydrogen) atoms. The highest BCUT2D eigenvalue weighted by atomic mass is 35.5. The normalized spacial score (nSPS) is 9.79. The third kappa shape index (κ3) is 2.74. The fourth-order valence-electron chi connectivity index (χ4n) is 0.795. The zero-order chi connectivity index (χ0) is 10.6. The molecule has 4 N–H and O–H groups in total. The summed E-state index contributed by atoms with van der Waals surface area (Å²) >= 11 is 5.75. The van der Waals surface area contributed by atoms with Gasteiger partial charge in [-0.1, -0.05) is 11.6 Å². The summed E-state index contributed by atoms with van der Waals surface area (Å²) in [5.74, 6) is -0.379. The van der Waals surface area contributed by atoms with Gasteiger partial charge in [0.2, 0.25) is 0 Å². The maximum Gasteiger partial charge on any atom is 0.305 e. The lowest BCUT2D eigenvalue weighted by molar-refractivity contribution is -0.136. The van der Waals surface area contributed by atoms with Gasteiger partial charge < -0.3 is 16.2 Å². The van der Waals surface area contributed by atoms with Crippen LogP contribution in [0.1, 0.15) is 6.42 Å². The van der Waals surface area contributed by atoms with Gasteiger partial charge in [-0.15, -0.1) is 0 Å². The van der Waals surface area contributed by atoms with Crippen LogP contribution in [0.3, 0.4) is 0 Å². The first kappa shape index (κ1) is 10.5. The molecule has 0 radical (unpaired) electrons. The van der Waals surface area contributed by atoms with Crippen LogP contribution >= 0.6 is 11.6 Å². The van der Waals surface area contributed by atoms with Gasteiger partial charge in [-0.3, -0.25) is 4.79 Å². The van der Waals surface area contributed by atoms with Gasteiger partial charge in [-0.2, -0.15) is 0 Å². The van der Waals surface area contributed by atoms with Crippen LogP contribution in [0.25, 0.3) is 0 Å². The van der Waals surface area contributed by atoms with Crippen molar-refractivity contribution in [1.29, 1.82) is 0 Å². The van der Waals surface area contributed by atoms with Crippen molar-refractivity contribution in [1.82, 2.24) is 9.97 Å². The lowest BCUT2D eigenvalue weighted by atomic mass is 10.4. The molecule has 1 aromatic rings. The van der Waals surface area contributed by atoms with E-state index in [9.17, 15) is 4.79 Å².